The number of benzene rings is 1. The molecule has 1 aromatic carbocycles. The van der Waals surface area contributed by atoms with E-state index >= 15 is 0 Å². The first-order valence-electron chi connectivity index (χ1n) is 5.08. The average molecular weight is 194 g/mol. The molecule has 0 aliphatic carbocycles. The summed E-state index contributed by atoms with van der Waals surface area (Å²) < 4.78 is 13.3. The minimum atomic E-state index is -0.168. The van der Waals surface area contributed by atoms with E-state index in [9.17, 15) is 4.39 Å². The minimum absolute atomic E-state index is 0.168. The van der Waals surface area contributed by atoms with E-state index in [-0.39, 0.29) is 5.82 Å². The second-order valence-electron chi connectivity index (χ2n) is 3.67. The van der Waals surface area contributed by atoms with Gasteiger partial charge in [0.25, 0.3) is 0 Å². The van der Waals surface area contributed by atoms with Crippen LogP contribution in [0.4, 0.5) is 10.1 Å². The van der Waals surface area contributed by atoms with Gasteiger partial charge in [0.15, 0.2) is 0 Å². The highest BCUT2D eigenvalue weighted by molar-refractivity contribution is 5.45. The summed E-state index contributed by atoms with van der Waals surface area (Å²) in [5.74, 6) is -0.168. The number of hydrogen-bond donors (Lipinski definition) is 2. The molecule has 3 heteroatoms. The maximum atomic E-state index is 13.3. The molecule has 14 heavy (non-hydrogen) atoms. The molecule has 1 atom stereocenters. The molecule has 1 aromatic rings. The Kier molecular flexibility index (Phi) is 2.99. The smallest absolute Gasteiger partial charge is 0.146 e. The fraction of sp³-hybridized carbons (Fsp3) is 0.455. The Morgan fingerprint density at radius 3 is 2.93 bits per heavy atom. The molecular formula is C11H15FN2. The zero-order valence-electron chi connectivity index (χ0n) is 8.09. The van der Waals surface area contributed by atoms with Gasteiger partial charge in [0, 0.05) is 12.6 Å². The van der Waals surface area contributed by atoms with Crippen LogP contribution < -0.4 is 10.6 Å². The molecule has 0 radical (unpaired) electrons. The standard InChI is InChI=1S/C11H15FN2/c12-10-5-1-2-6-11(10)14-9-4-3-7-13-8-9/h1-2,5-6,9,13-14H,3-4,7-8H2. The van der Waals surface area contributed by atoms with Crippen molar-refractivity contribution in [1.82, 2.24) is 5.32 Å². The van der Waals surface area contributed by atoms with Gasteiger partial charge in [-0.1, -0.05) is 12.1 Å². The van der Waals surface area contributed by atoms with Crippen molar-refractivity contribution in [3.05, 3.63) is 30.1 Å². The summed E-state index contributed by atoms with van der Waals surface area (Å²) in [5, 5.41) is 6.50. The van der Waals surface area contributed by atoms with Crippen LogP contribution in [0.1, 0.15) is 12.8 Å². The highest BCUT2D eigenvalue weighted by Gasteiger charge is 2.13. The van der Waals surface area contributed by atoms with Gasteiger partial charge in [-0.15, -0.1) is 0 Å². The minimum Gasteiger partial charge on any atom is -0.379 e. The monoisotopic (exact) mass is 194 g/mol. The number of nitrogens with one attached hydrogen (secondary N) is 2. The second kappa shape index (κ2) is 4.42. The topological polar surface area (TPSA) is 24.1 Å². The van der Waals surface area contributed by atoms with E-state index in [2.05, 4.69) is 10.6 Å². The van der Waals surface area contributed by atoms with Crippen LogP contribution in [0.15, 0.2) is 24.3 Å². The lowest BCUT2D eigenvalue weighted by Gasteiger charge is -2.24. The SMILES string of the molecule is Fc1ccccc1NC1CCCNC1. The fourth-order valence-electron chi connectivity index (χ4n) is 1.77. The van der Waals surface area contributed by atoms with E-state index in [0.717, 1.165) is 25.9 Å². The Morgan fingerprint density at radius 2 is 2.21 bits per heavy atom. The molecule has 76 valence electrons. The number of rotatable bonds is 2. The van der Waals surface area contributed by atoms with Crippen LogP contribution in [-0.2, 0) is 0 Å². The summed E-state index contributed by atoms with van der Waals surface area (Å²) >= 11 is 0. The van der Waals surface area contributed by atoms with Crippen molar-refractivity contribution in [2.45, 2.75) is 18.9 Å². The molecular weight excluding hydrogens is 179 g/mol. The van der Waals surface area contributed by atoms with Crippen molar-refractivity contribution < 1.29 is 4.39 Å². The fourth-order valence-corrected chi connectivity index (χ4v) is 1.77. The Bertz CT molecular complexity index is 295. The molecule has 1 aliphatic rings. The van der Waals surface area contributed by atoms with E-state index in [1.165, 1.54) is 6.07 Å². The van der Waals surface area contributed by atoms with Gasteiger partial charge < -0.3 is 10.6 Å². The van der Waals surface area contributed by atoms with Gasteiger partial charge >= 0.3 is 0 Å². The van der Waals surface area contributed by atoms with Crippen molar-refractivity contribution in [3.63, 3.8) is 0 Å². The van der Waals surface area contributed by atoms with E-state index in [1.54, 1.807) is 12.1 Å². The molecule has 2 rings (SSSR count). The maximum Gasteiger partial charge on any atom is 0.146 e. The average Bonchev–Trinajstić information content (AvgIpc) is 2.23. The summed E-state index contributed by atoms with van der Waals surface area (Å²) in [5.41, 5.74) is 0.612. The Labute approximate surface area is 83.5 Å². The number of piperidine rings is 1. The third kappa shape index (κ3) is 2.23. The lowest BCUT2D eigenvalue weighted by Crippen LogP contribution is -2.38. The van der Waals surface area contributed by atoms with Crippen LogP contribution in [0.5, 0.6) is 0 Å². The second-order valence-corrected chi connectivity index (χ2v) is 3.67. The first-order valence-corrected chi connectivity index (χ1v) is 5.08. The van der Waals surface area contributed by atoms with E-state index in [1.807, 2.05) is 6.07 Å². The molecule has 1 saturated heterocycles. The lowest BCUT2D eigenvalue weighted by atomic mass is 10.1. The van der Waals surface area contributed by atoms with Gasteiger partial charge in [-0.05, 0) is 31.5 Å². The summed E-state index contributed by atoms with van der Waals surface area (Å²) in [4.78, 5) is 0. The maximum absolute atomic E-state index is 13.3. The summed E-state index contributed by atoms with van der Waals surface area (Å²) in [6.07, 6.45) is 2.27. The Balaban J connectivity index is 1.99. The normalized spacial score (nSPS) is 21.9. The number of halogens is 1. The number of anilines is 1. The number of para-hydroxylation sites is 1. The summed E-state index contributed by atoms with van der Waals surface area (Å²) in [6.45, 7) is 2.00. The predicted octanol–water partition coefficient (Wildman–Crippen LogP) is 1.99. The highest BCUT2D eigenvalue weighted by atomic mass is 19.1. The first kappa shape index (κ1) is 9.46. The van der Waals surface area contributed by atoms with Crippen molar-refractivity contribution in [2.24, 2.45) is 0 Å². The van der Waals surface area contributed by atoms with Crippen LogP contribution in [0.25, 0.3) is 0 Å². The molecule has 0 bridgehead atoms. The van der Waals surface area contributed by atoms with Crippen LogP contribution in [0.2, 0.25) is 0 Å². The van der Waals surface area contributed by atoms with Gasteiger partial charge in [0.1, 0.15) is 5.82 Å². The van der Waals surface area contributed by atoms with E-state index in [4.69, 9.17) is 0 Å². The van der Waals surface area contributed by atoms with Gasteiger partial charge in [-0.2, -0.15) is 0 Å². The highest BCUT2D eigenvalue weighted by Crippen LogP contribution is 2.15. The molecule has 2 N–H and O–H groups in total. The van der Waals surface area contributed by atoms with Crippen LogP contribution >= 0.6 is 0 Å². The lowest BCUT2D eigenvalue weighted by molar-refractivity contribution is 0.477. The van der Waals surface area contributed by atoms with Crippen LogP contribution in [0, 0.1) is 5.82 Å². The third-order valence-corrected chi connectivity index (χ3v) is 2.53. The molecule has 2 nitrogen and oxygen atoms in total. The first-order chi connectivity index (χ1) is 6.86. The molecule has 1 unspecified atom stereocenters. The van der Waals surface area contributed by atoms with Crippen LogP contribution in [0.3, 0.4) is 0 Å². The van der Waals surface area contributed by atoms with Crippen molar-refractivity contribution in [3.8, 4) is 0 Å². The predicted molar refractivity (Wildman–Crippen MR) is 55.9 cm³/mol. The van der Waals surface area contributed by atoms with Gasteiger partial charge in [-0.25, -0.2) is 4.39 Å². The number of hydrogen-bond acceptors (Lipinski definition) is 2. The zero-order valence-corrected chi connectivity index (χ0v) is 8.09. The molecule has 0 spiro atoms. The summed E-state index contributed by atoms with van der Waals surface area (Å²) in [7, 11) is 0. The van der Waals surface area contributed by atoms with Gasteiger partial charge in [-0.3, -0.25) is 0 Å². The van der Waals surface area contributed by atoms with Gasteiger partial charge in [0.2, 0.25) is 0 Å². The van der Waals surface area contributed by atoms with E-state index in [0.29, 0.717) is 11.7 Å². The van der Waals surface area contributed by atoms with Gasteiger partial charge in [0.05, 0.1) is 5.69 Å². The molecule has 0 amide bonds. The largest absolute Gasteiger partial charge is 0.379 e. The van der Waals surface area contributed by atoms with Crippen molar-refractivity contribution in [2.75, 3.05) is 18.4 Å². The quantitative estimate of drug-likeness (QED) is 0.752. The van der Waals surface area contributed by atoms with Crippen molar-refractivity contribution >= 4 is 5.69 Å². The molecule has 1 fully saturated rings. The third-order valence-electron chi connectivity index (χ3n) is 2.53. The molecule has 1 aliphatic heterocycles. The molecule has 0 aromatic heterocycles. The summed E-state index contributed by atoms with van der Waals surface area (Å²) in [6, 6.07) is 7.18. The molecule has 0 saturated carbocycles. The zero-order chi connectivity index (χ0) is 9.80. The van der Waals surface area contributed by atoms with E-state index < -0.39 is 0 Å². The molecule has 1 heterocycles. The van der Waals surface area contributed by atoms with Crippen LogP contribution in [-0.4, -0.2) is 19.1 Å². The van der Waals surface area contributed by atoms with Crippen molar-refractivity contribution in [1.29, 1.82) is 0 Å². The Morgan fingerprint density at radius 1 is 1.36 bits per heavy atom. The Hall–Kier alpha value is -1.09.